The van der Waals surface area contributed by atoms with E-state index in [0.29, 0.717) is 0 Å². The first kappa shape index (κ1) is 13.9. The van der Waals surface area contributed by atoms with Gasteiger partial charge in [0.15, 0.2) is 5.82 Å². The van der Waals surface area contributed by atoms with Gasteiger partial charge in [-0.3, -0.25) is 4.79 Å². The van der Waals surface area contributed by atoms with Crippen LogP contribution in [0.3, 0.4) is 0 Å². The van der Waals surface area contributed by atoms with Gasteiger partial charge in [0.25, 0.3) is 5.91 Å². The Bertz CT molecular complexity index is 686. The number of nitrogen functional groups attached to an aromatic ring is 1. The summed E-state index contributed by atoms with van der Waals surface area (Å²) in [5.74, 6) is -3.46. The number of nitrogens with two attached hydrogens (primary N) is 1. The van der Waals surface area contributed by atoms with Crippen molar-refractivity contribution in [2.45, 2.75) is 6.92 Å². The Labute approximate surface area is 113 Å². The summed E-state index contributed by atoms with van der Waals surface area (Å²) in [4.78, 5) is 11.9. The maximum Gasteiger partial charge on any atom is 0.258 e. The van der Waals surface area contributed by atoms with Crippen LogP contribution in [0.1, 0.15) is 15.9 Å². The van der Waals surface area contributed by atoms with E-state index in [1.54, 1.807) is 0 Å². The van der Waals surface area contributed by atoms with Gasteiger partial charge in [0.05, 0.1) is 11.3 Å². The number of para-hydroxylation sites is 1. The minimum absolute atomic E-state index is 0.175. The third kappa shape index (κ3) is 2.45. The van der Waals surface area contributed by atoms with E-state index in [0.717, 1.165) is 12.1 Å². The van der Waals surface area contributed by atoms with E-state index in [1.807, 2.05) is 0 Å². The zero-order chi connectivity index (χ0) is 14.9. The summed E-state index contributed by atoms with van der Waals surface area (Å²) in [6.07, 6.45) is 0. The molecule has 0 radical (unpaired) electrons. The van der Waals surface area contributed by atoms with Gasteiger partial charge < -0.3 is 11.1 Å². The molecule has 0 aliphatic rings. The number of benzene rings is 2. The van der Waals surface area contributed by atoms with Crippen molar-refractivity contribution in [3.05, 3.63) is 58.9 Å². The second-order valence-electron chi connectivity index (χ2n) is 4.21. The topological polar surface area (TPSA) is 55.1 Å². The number of amides is 1. The highest BCUT2D eigenvalue weighted by Crippen LogP contribution is 2.23. The molecule has 2 aromatic rings. The molecule has 2 aromatic carbocycles. The highest BCUT2D eigenvalue weighted by molar-refractivity contribution is 6.07. The van der Waals surface area contributed by atoms with Crippen molar-refractivity contribution in [2.75, 3.05) is 11.1 Å². The normalized spacial score (nSPS) is 10.4. The van der Waals surface area contributed by atoms with Gasteiger partial charge in [-0.2, -0.15) is 0 Å². The summed E-state index contributed by atoms with van der Waals surface area (Å²) in [6.45, 7) is 1.43. The third-order valence-corrected chi connectivity index (χ3v) is 2.82. The van der Waals surface area contributed by atoms with Gasteiger partial charge in [-0.05, 0) is 30.7 Å². The van der Waals surface area contributed by atoms with E-state index < -0.39 is 29.0 Å². The molecule has 0 heterocycles. The summed E-state index contributed by atoms with van der Waals surface area (Å²) in [7, 11) is 0. The van der Waals surface area contributed by atoms with E-state index in [1.165, 1.54) is 25.1 Å². The molecule has 6 heteroatoms. The van der Waals surface area contributed by atoms with Crippen molar-refractivity contribution >= 4 is 17.3 Å². The van der Waals surface area contributed by atoms with E-state index in [-0.39, 0.29) is 16.8 Å². The zero-order valence-electron chi connectivity index (χ0n) is 10.5. The Hall–Kier alpha value is -2.50. The molecule has 0 spiro atoms. The summed E-state index contributed by atoms with van der Waals surface area (Å²) in [5.41, 5.74) is 4.44. The average Bonchev–Trinajstić information content (AvgIpc) is 2.42. The fourth-order valence-electron chi connectivity index (χ4n) is 1.69. The van der Waals surface area contributed by atoms with Crippen molar-refractivity contribution in [1.82, 2.24) is 0 Å². The summed E-state index contributed by atoms with van der Waals surface area (Å²) >= 11 is 0. The molecule has 0 bridgehead atoms. The molecule has 0 unspecified atom stereocenters. The van der Waals surface area contributed by atoms with Crippen LogP contribution < -0.4 is 11.1 Å². The molecule has 0 aromatic heterocycles. The Balaban J connectivity index is 2.38. The first-order valence-corrected chi connectivity index (χ1v) is 5.71. The predicted octanol–water partition coefficient (Wildman–Crippen LogP) is 3.25. The molecule has 0 aliphatic heterocycles. The second-order valence-corrected chi connectivity index (χ2v) is 4.21. The standard InChI is InChI=1S/C14H11F3N2O/c1-7-5-6-10(16)13(11(7)17)19-14(20)8-3-2-4-9(15)12(8)18/h2-6H,18H2,1H3,(H,19,20). The van der Waals surface area contributed by atoms with Gasteiger partial charge in [0, 0.05) is 0 Å². The molecule has 1 amide bonds. The maximum absolute atomic E-state index is 13.8. The number of anilines is 2. The number of carbonyl (C=O) groups is 1. The Morgan fingerprint density at radius 2 is 1.80 bits per heavy atom. The lowest BCUT2D eigenvalue weighted by Crippen LogP contribution is -2.17. The SMILES string of the molecule is Cc1ccc(F)c(NC(=O)c2cccc(F)c2N)c1F. The van der Waals surface area contributed by atoms with E-state index in [4.69, 9.17) is 5.73 Å². The van der Waals surface area contributed by atoms with Crippen molar-refractivity contribution in [1.29, 1.82) is 0 Å². The Morgan fingerprint density at radius 1 is 1.10 bits per heavy atom. The van der Waals surface area contributed by atoms with Crippen LogP contribution in [0.5, 0.6) is 0 Å². The monoisotopic (exact) mass is 280 g/mol. The molecule has 0 saturated carbocycles. The predicted molar refractivity (Wildman–Crippen MR) is 69.9 cm³/mol. The molecular weight excluding hydrogens is 269 g/mol. The molecule has 2 rings (SSSR count). The highest BCUT2D eigenvalue weighted by atomic mass is 19.1. The number of rotatable bonds is 2. The van der Waals surface area contributed by atoms with Gasteiger partial charge in [-0.25, -0.2) is 13.2 Å². The number of aryl methyl sites for hydroxylation is 1. The quantitative estimate of drug-likeness (QED) is 0.830. The molecular formula is C14H11F3N2O. The number of halogens is 3. The lowest BCUT2D eigenvalue weighted by Gasteiger charge is -2.10. The van der Waals surface area contributed by atoms with Crippen molar-refractivity contribution in [3.8, 4) is 0 Å². The van der Waals surface area contributed by atoms with E-state index in [2.05, 4.69) is 5.32 Å². The summed E-state index contributed by atoms with van der Waals surface area (Å²) in [6, 6.07) is 5.91. The van der Waals surface area contributed by atoms with Crippen LogP contribution in [-0.4, -0.2) is 5.91 Å². The Kier molecular flexibility index (Phi) is 3.65. The van der Waals surface area contributed by atoms with Gasteiger partial charge in [0.1, 0.15) is 17.3 Å². The molecule has 104 valence electrons. The maximum atomic E-state index is 13.8. The van der Waals surface area contributed by atoms with Gasteiger partial charge in [-0.1, -0.05) is 12.1 Å². The first-order valence-electron chi connectivity index (χ1n) is 5.71. The second kappa shape index (κ2) is 5.24. The van der Waals surface area contributed by atoms with Crippen molar-refractivity contribution in [2.24, 2.45) is 0 Å². The molecule has 0 fully saturated rings. The molecule has 3 nitrogen and oxygen atoms in total. The van der Waals surface area contributed by atoms with Crippen LogP contribution in [0.25, 0.3) is 0 Å². The van der Waals surface area contributed by atoms with Crippen LogP contribution in [0.4, 0.5) is 24.5 Å². The number of hydrogen-bond acceptors (Lipinski definition) is 2. The van der Waals surface area contributed by atoms with Crippen molar-refractivity contribution in [3.63, 3.8) is 0 Å². The van der Waals surface area contributed by atoms with Crippen molar-refractivity contribution < 1.29 is 18.0 Å². The minimum Gasteiger partial charge on any atom is -0.396 e. The van der Waals surface area contributed by atoms with Gasteiger partial charge in [-0.15, -0.1) is 0 Å². The number of carbonyl (C=O) groups excluding carboxylic acids is 1. The summed E-state index contributed by atoms with van der Waals surface area (Å²) in [5, 5.41) is 2.07. The minimum atomic E-state index is -0.920. The number of nitrogens with one attached hydrogen (secondary N) is 1. The van der Waals surface area contributed by atoms with Crippen LogP contribution in [0.2, 0.25) is 0 Å². The largest absolute Gasteiger partial charge is 0.396 e. The smallest absolute Gasteiger partial charge is 0.258 e. The lowest BCUT2D eigenvalue weighted by atomic mass is 10.1. The Morgan fingerprint density at radius 3 is 2.50 bits per heavy atom. The first-order chi connectivity index (χ1) is 9.41. The molecule has 3 N–H and O–H groups in total. The van der Waals surface area contributed by atoms with Gasteiger partial charge in [0.2, 0.25) is 0 Å². The van der Waals surface area contributed by atoms with Gasteiger partial charge >= 0.3 is 0 Å². The zero-order valence-corrected chi connectivity index (χ0v) is 10.5. The molecule has 0 atom stereocenters. The highest BCUT2D eigenvalue weighted by Gasteiger charge is 2.18. The average molecular weight is 280 g/mol. The molecule has 20 heavy (non-hydrogen) atoms. The fraction of sp³-hybridized carbons (Fsp3) is 0.0714. The van der Waals surface area contributed by atoms with Crippen LogP contribution in [-0.2, 0) is 0 Å². The lowest BCUT2D eigenvalue weighted by molar-refractivity contribution is 0.102. The van der Waals surface area contributed by atoms with E-state index in [9.17, 15) is 18.0 Å². The fourth-order valence-corrected chi connectivity index (χ4v) is 1.69. The molecule has 0 aliphatic carbocycles. The third-order valence-electron chi connectivity index (χ3n) is 2.82. The summed E-state index contributed by atoms with van der Waals surface area (Å²) < 4.78 is 40.5. The van der Waals surface area contributed by atoms with E-state index >= 15 is 0 Å². The molecule has 0 saturated heterocycles. The van der Waals surface area contributed by atoms with Crippen LogP contribution in [0, 0.1) is 24.4 Å². The van der Waals surface area contributed by atoms with Crippen LogP contribution in [0.15, 0.2) is 30.3 Å². The van der Waals surface area contributed by atoms with Crippen LogP contribution >= 0.6 is 0 Å². The number of hydrogen-bond donors (Lipinski definition) is 2.